The van der Waals surface area contributed by atoms with Crippen molar-refractivity contribution in [1.29, 1.82) is 0 Å². The predicted molar refractivity (Wildman–Crippen MR) is 126 cm³/mol. The Bertz CT molecular complexity index is 1340. The molecule has 0 unspecified atom stereocenters. The summed E-state index contributed by atoms with van der Waals surface area (Å²) >= 11 is 12.4. The van der Waals surface area contributed by atoms with Gasteiger partial charge in [0.25, 0.3) is 5.91 Å². The van der Waals surface area contributed by atoms with E-state index in [-0.39, 0.29) is 11.3 Å². The minimum Gasteiger partial charge on any atom is -0.507 e. The van der Waals surface area contributed by atoms with Crippen LogP contribution in [0, 0.1) is 13.8 Å². The Morgan fingerprint density at radius 3 is 2.45 bits per heavy atom. The first kappa shape index (κ1) is 21.0. The quantitative estimate of drug-likeness (QED) is 0.294. The highest BCUT2D eigenvalue weighted by molar-refractivity contribution is 6.35. The molecule has 0 aliphatic heterocycles. The number of rotatable bonds is 4. The minimum absolute atomic E-state index is 0.0954. The third-order valence-electron chi connectivity index (χ3n) is 5.10. The van der Waals surface area contributed by atoms with Crippen molar-refractivity contribution in [3.8, 4) is 11.4 Å². The number of hydrogen-bond acceptors (Lipinski definition) is 3. The molecule has 7 heteroatoms. The molecule has 5 nitrogen and oxygen atoms in total. The van der Waals surface area contributed by atoms with E-state index in [0.717, 1.165) is 33.4 Å². The molecule has 0 fully saturated rings. The van der Waals surface area contributed by atoms with Gasteiger partial charge in [-0.05, 0) is 61.0 Å². The molecule has 31 heavy (non-hydrogen) atoms. The van der Waals surface area contributed by atoms with Crippen molar-refractivity contribution in [2.75, 3.05) is 0 Å². The van der Waals surface area contributed by atoms with Crippen molar-refractivity contribution in [3.63, 3.8) is 0 Å². The number of aromatic nitrogens is 1. The van der Waals surface area contributed by atoms with E-state index in [9.17, 15) is 9.90 Å². The standard InChI is InChI=1S/C24H19Cl2N3O2/c1-14-9-18(15(2)29(14)22-8-7-19(25)12-21(22)26)13-27-28-24(31)20-10-16-5-3-4-6-17(16)11-23(20)30/h3-13,30H,1-2H3,(H,28,31)/b27-13+. The number of aryl methyl sites for hydroxylation is 1. The van der Waals surface area contributed by atoms with Gasteiger partial charge < -0.3 is 9.67 Å². The summed E-state index contributed by atoms with van der Waals surface area (Å²) in [5.74, 6) is -0.587. The first-order valence-electron chi connectivity index (χ1n) is 9.54. The molecule has 4 aromatic rings. The highest BCUT2D eigenvalue weighted by Crippen LogP contribution is 2.28. The number of phenolic OH excluding ortho intramolecular Hbond substituents is 1. The van der Waals surface area contributed by atoms with Crippen molar-refractivity contribution < 1.29 is 9.90 Å². The Hall–Kier alpha value is -3.28. The number of carbonyl (C=O) groups excluding carboxylic acids is 1. The Morgan fingerprint density at radius 1 is 1.03 bits per heavy atom. The molecule has 1 aromatic heterocycles. The number of aromatic hydroxyl groups is 1. The van der Waals surface area contributed by atoms with E-state index in [4.69, 9.17) is 23.2 Å². The fourth-order valence-electron chi connectivity index (χ4n) is 3.58. The van der Waals surface area contributed by atoms with Crippen molar-refractivity contribution in [3.05, 3.63) is 93.2 Å². The van der Waals surface area contributed by atoms with Crippen LogP contribution in [0.5, 0.6) is 5.75 Å². The van der Waals surface area contributed by atoms with Gasteiger partial charge in [0.15, 0.2) is 0 Å². The van der Waals surface area contributed by atoms with Gasteiger partial charge in [0.05, 0.1) is 22.5 Å². The van der Waals surface area contributed by atoms with Gasteiger partial charge in [-0.1, -0.05) is 47.5 Å². The molecule has 0 bridgehead atoms. The van der Waals surface area contributed by atoms with Gasteiger partial charge in [0.1, 0.15) is 5.75 Å². The van der Waals surface area contributed by atoms with Crippen molar-refractivity contribution >= 4 is 46.1 Å². The topological polar surface area (TPSA) is 66.6 Å². The fraction of sp³-hybridized carbons (Fsp3) is 0.0833. The average molecular weight is 452 g/mol. The molecule has 0 aliphatic rings. The zero-order chi connectivity index (χ0) is 22.1. The van der Waals surface area contributed by atoms with Crippen LogP contribution in [-0.4, -0.2) is 21.8 Å². The van der Waals surface area contributed by atoms with E-state index in [1.54, 1.807) is 30.5 Å². The van der Waals surface area contributed by atoms with Gasteiger partial charge in [-0.2, -0.15) is 5.10 Å². The lowest BCUT2D eigenvalue weighted by Gasteiger charge is -2.11. The van der Waals surface area contributed by atoms with Gasteiger partial charge in [0.2, 0.25) is 0 Å². The molecule has 0 saturated heterocycles. The second-order valence-corrected chi connectivity index (χ2v) is 8.02. The van der Waals surface area contributed by atoms with Gasteiger partial charge >= 0.3 is 0 Å². The monoisotopic (exact) mass is 451 g/mol. The lowest BCUT2D eigenvalue weighted by Crippen LogP contribution is -2.17. The van der Waals surface area contributed by atoms with E-state index in [2.05, 4.69) is 10.5 Å². The van der Waals surface area contributed by atoms with E-state index in [0.29, 0.717) is 10.0 Å². The molecule has 0 radical (unpaired) electrons. The predicted octanol–water partition coefficient (Wildman–Crippen LogP) is 6.02. The first-order chi connectivity index (χ1) is 14.8. The maximum atomic E-state index is 12.5. The Balaban J connectivity index is 1.57. The molecule has 3 aromatic carbocycles. The van der Waals surface area contributed by atoms with Crippen LogP contribution in [0.4, 0.5) is 0 Å². The SMILES string of the molecule is Cc1cc(/C=N/NC(=O)c2cc3ccccc3cc2O)c(C)n1-c1ccc(Cl)cc1Cl. The number of nitrogens with zero attached hydrogens (tertiary/aromatic N) is 2. The number of amides is 1. The maximum Gasteiger partial charge on any atom is 0.275 e. The average Bonchev–Trinajstić information content (AvgIpc) is 3.01. The summed E-state index contributed by atoms with van der Waals surface area (Å²) in [4.78, 5) is 12.5. The van der Waals surface area contributed by atoms with Crippen molar-refractivity contribution in [2.24, 2.45) is 5.10 Å². The molecule has 2 N–H and O–H groups in total. The minimum atomic E-state index is -0.492. The normalized spacial score (nSPS) is 11.4. The summed E-state index contributed by atoms with van der Waals surface area (Å²) < 4.78 is 2.00. The molecule has 0 spiro atoms. The summed E-state index contributed by atoms with van der Waals surface area (Å²) in [6.45, 7) is 3.90. The fourth-order valence-corrected chi connectivity index (χ4v) is 4.08. The van der Waals surface area contributed by atoms with E-state index in [1.807, 2.05) is 54.8 Å². The van der Waals surface area contributed by atoms with Gasteiger partial charge in [0, 0.05) is 22.0 Å². The smallest absolute Gasteiger partial charge is 0.275 e. The lowest BCUT2D eigenvalue weighted by atomic mass is 10.1. The summed E-state index contributed by atoms with van der Waals surface area (Å²) in [7, 11) is 0. The second-order valence-electron chi connectivity index (χ2n) is 7.17. The van der Waals surface area contributed by atoms with Crippen LogP contribution in [0.25, 0.3) is 16.5 Å². The van der Waals surface area contributed by atoms with Crippen LogP contribution in [0.2, 0.25) is 10.0 Å². The number of benzene rings is 3. The van der Waals surface area contributed by atoms with Gasteiger partial charge in [-0.25, -0.2) is 5.43 Å². The van der Waals surface area contributed by atoms with Crippen molar-refractivity contribution in [1.82, 2.24) is 9.99 Å². The largest absolute Gasteiger partial charge is 0.507 e. The van der Waals surface area contributed by atoms with E-state index < -0.39 is 5.91 Å². The third-order valence-corrected chi connectivity index (χ3v) is 5.64. The summed E-state index contributed by atoms with van der Waals surface area (Å²) in [6, 6.07) is 18.0. The van der Waals surface area contributed by atoms with Crippen LogP contribution in [0.3, 0.4) is 0 Å². The Kier molecular flexibility index (Phi) is 5.72. The Morgan fingerprint density at radius 2 is 1.74 bits per heavy atom. The molecule has 156 valence electrons. The number of fused-ring (bicyclic) bond motifs is 1. The molecule has 1 amide bonds. The van der Waals surface area contributed by atoms with Crippen LogP contribution in [0.1, 0.15) is 27.3 Å². The maximum absolute atomic E-state index is 12.5. The van der Waals surface area contributed by atoms with Crippen molar-refractivity contribution in [2.45, 2.75) is 13.8 Å². The zero-order valence-corrected chi connectivity index (χ0v) is 18.4. The molecule has 4 rings (SSSR count). The van der Waals surface area contributed by atoms with Crippen LogP contribution in [-0.2, 0) is 0 Å². The van der Waals surface area contributed by atoms with Crippen LogP contribution < -0.4 is 5.43 Å². The number of hydrogen-bond donors (Lipinski definition) is 2. The number of carbonyl (C=O) groups is 1. The molecule has 0 atom stereocenters. The highest BCUT2D eigenvalue weighted by atomic mass is 35.5. The summed E-state index contributed by atoms with van der Waals surface area (Å²) in [5, 5.41) is 17.1. The molecular formula is C24H19Cl2N3O2. The number of nitrogens with one attached hydrogen (secondary N) is 1. The Labute approximate surface area is 189 Å². The van der Waals surface area contributed by atoms with Gasteiger partial charge in [-0.15, -0.1) is 0 Å². The van der Waals surface area contributed by atoms with Gasteiger partial charge in [-0.3, -0.25) is 4.79 Å². The van der Waals surface area contributed by atoms with Crippen LogP contribution in [0.15, 0.2) is 65.8 Å². The lowest BCUT2D eigenvalue weighted by molar-refractivity contribution is 0.0952. The van der Waals surface area contributed by atoms with E-state index >= 15 is 0 Å². The first-order valence-corrected chi connectivity index (χ1v) is 10.3. The summed E-state index contributed by atoms with van der Waals surface area (Å²) in [6.07, 6.45) is 1.57. The molecule has 0 saturated carbocycles. The highest BCUT2D eigenvalue weighted by Gasteiger charge is 2.14. The molecular weight excluding hydrogens is 433 g/mol. The van der Waals surface area contributed by atoms with E-state index in [1.165, 1.54) is 0 Å². The second kappa shape index (κ2) is 8.46. The number of halogens is 2. The molecule has 0 aliphatic carbocycles. The number of phenols is 1. The number of hydrazone groups is 1. The van der Waals surface area contributed by atoms with Crippen LogP contribution >= 0.6 is 23.2 Å². The molecule has 1 heterocycles. The summed E-state index contributed by atoms with van der Waals surface area (Å²) in [5.41, 5.74) is 6.15. The zero-order valence-electron chi connectivity index (χ0n) is 16.9. The third kappa shape index (κ3) is 4.15.